The first-order valence-electron chi connectivity index (χ1n) is 5.60. The van der Waals surface area contributed by atoms with Crippen molar-refractivity contribution in [2.75, 3.05) is 19.8 Å². The van der Waals surface area contributed by atoms with Crippen molar-refractivity contribution in [3.8, 4) is 0 Å². The lowest BCUT2D eigenvalue weighted by Gasteiger charge is -2.11. The van der Waals surface area contributed by atoms with Crippen LogP contribution in [0, 0.1) is 5.92 Å². The highest BCUT2D eigenvalue weighted by molar-refractivity contribution is 4.73. The van der Waals surface area contributed by atoms with Crippen LogP contribution in [0.3, 0.4) is 0 Å². The molecule has 1 heterocycles. The molecule has 0 aromatic heterocycles. The summed E-state index contributed by atoms with van der Waals surface area (Å²) in [6.07, 6.45) is 5.12. The van der Waals surface area contributed by atoms with Crippen LogP contribution < -0.4 is 5.32 Å². The van der Waals surface area contributed by atoms with Crippen LogP contribution in [0.2, 0.25) is 0 Å². The lowest BCUT2D eigenvalue weighted by atomic mass is 10.1. The molecule has 0 amide bonds. The molecule has 13 heavy (non-hydrogen) atoms. The summed E-state index contributed by atoms with van der Waals surface area (Å²) in [7, 11) is 0. The van der Waals surface area contributed by atoms with E-state index in [9.17, 15) is 0 Å². The van der Waals surface area contributed by atoms with Crippen molar-refractivity contribution < 1.29 is 4.74 Å². The van der Waals surface area contributed by atoms with Crippen LogP contribution in [-0.4, -0.2) is 25.8 Å². The SMILES string of the molecule is CC(C)CCCOC[C@H]1CCCN1. The van der Waals surface area contributed by atoms with Crippen LogP contribution in [-0.2, 0) is 4.74 Å². The normalized spacial score (nSPS) is 22.8. The first-order chi connectivity index (χ1) is 6.29. The molecule has 0 aromatic carbocycles. The lowest BCUT2D eigenvalue weighted by molar-refractivity contribution is 0.111. The Morgan fingerprint density at radius 3 is 2.92 bits per heavy atom. The highest BCUT2D eigenvalue weighted by Gasteiger charge is 2.13. The van der Waals surface area contributed by atoms with E-state index in [0.717, 1.165) is 19.1 Å². The van der Waals surface area contributed by atoms with Gasteiger partial charge in [0.25, 0.3) is 0 Å². The summed E-state index contributed by atoms with van der Waals surface area (Å²) in [6, 6.07) is 0.638. The standard InChI is InChI=1S/C11H23NO/c1-10(2)5-4-8-13-9-11-6-3-7-12-11/h10-12H,3-9H2,1-2H3/t11-/m1/s1. The maximum Gasteiger partial charge on any atom is 0.0619 e. The van der Waals surface area contributed by atoms with E-state index in [1.165, 1.54) is 32.2 Å². The molecule has 1 rings (SSSR count). The second-order valence-corrected chi connectivity index (χ2v) is 4.40. The van der Waals surface area contributed by atoms with Crippen molar-refractivity contribution in [3.63, 3.8) is 0 Å². The largest absolute Gasteiger partial charge is 0.380 e. The molecule has 1 fully saturated rings. The summed E-state index contributed by atoms with van der Waals surface area (Å²) >= 11 is 0. The zero-order valence-corrected chi connectivity index (χ0v) is 9.01. The van der Waals surface area contributed by atoms with Gasteiger partial charge in [0.2, 0.25) is 0 Å². The van der Waals surface area contributed by atoms with Gasteiger partial charge in [0.1, 0.15) is 0 Å². The van der Waals surface area contributed by atoms with Crippen molar-refractivity contribution >= 4 is 0 Å². The summed E-state index contributed by atoms with van der Waals surface area (Å²) < 4.78 is 5.61. The minimum Gasteiger partial charge on any atom is -0.380 e. The van der Waals surface area contributed by atoms with Gasteiger partial charge in [-0.05, 0) is 38.1 Å². The highest BCUT2D eigenvalue weighted by atomic mass is 16.5. The Morgan fingerprint density at radius 1 is 1.46 bits per heavy atom. The number of hydrogen-bond donors (Lipinski definition) is 1. The van der Waals surface area contributed by atoms with Gasteiger partial charge in [-0.3, -0.25) is 0 Å². The molecule has 2 nitrogen and oxygen atoms in total. The summed E-state index contributed by atoms with van der Waals surface area (Å²) in [4.78, 5) is 0. The fourth-order valence-electron chi connectivity index (χ4n) is 1.72. The maximum atomic E-state index is 5.61. The maximum absolute atomic E-state index is 5.61. The first-order valence-corrected chi connectivity index (χ1v) is 5.60. The van der Waals surface area contributed by atoms with Gasteiger partial charge >= 0.3 is 0 Å². The fourth-order valence-corrected chi connectivity index (χ4v) is 1.72. The van der Waals surface area contributed by atoms with E-state index in [0.29, 0.717) is 6.04 Å². The molecule has 1 N–H and O–H groups in total. The van der Waals surface area contributed by atoms with Gasteiger partial charge in [-0.15, -0.1) is 0 Å². The van der Waals surface area contributed by atoms with Gasteiger partial charge in [0.15, 0.2) is 0 Å². The Labute approximate surface area is 82.0 Å². The molecular weight excluding hydrogens is 162 g/mol. The summed E-state index contributed by atoms with van der Waals surface area (Å²) in [5.41, 5.74) is 0. The highest BCUT2D eigenvalue weighted by Crippen LogP contribution is 2.06. The van der Waals surface area contributed by atoms with Crippen LogP contribution in [0.1, 0.15) is 39.5 Å². The predicted molar refractivity (Wildman–Crippen MR) is 55.9 cm³/mol. The number of hydrogen-bond acceptors (Lipinski definition) is 2. The zero-order valence-electron chi connectivity index (χ0n) is 9.01. The topological polar surface area (TPSA) is 21.3 Å². The molecule has 0 aromatic rings. The van der Waals surface area contributed by atoms with Crippen molar-refractivity contribution in [2.45, 2.75) is 45.6 Å². The van der Waals surface area contributed by atoms with Gasteiger partial charge in [0, 0.05) is 12.6 Å². The van der Waals surface area contributed by atoms with Crippen LogP contribution >= 0.6 is 0 Å². The fraction of sp³-hybridized carbons (Fsp3) is 1.00. The third kappa shape index (κ3) is 5.27. The van der Waals surface area contributed by atoms with Crippen LogP contribution in [0.4, 0.5) is 0 Å². The molecule has 0 radical (unpaired) electrons. The Hall–Kier alpha value is -0.0800. The minimum absolute atomic E-state index is 0.638. The molecular formula is C11H23NO. The molecule has 1 saturated heterocycles. The molecule has 1 atom stereocenters. The Balaban J connectivity index is 1.83. The smallest absolute Gasteiger partial charge is 0.0619 e. The molecule has 78 valence electrons. The van der Waals surface area contributed by atoms with E-state index in [-0.39, 0.29) is 0 Å². The Kier molecular flexibility index (Phi) is 5.40. The summed E-state index contributed by atoms with van der Waals surface area (Å²) in [6.45, 7) is 7.56. The number of rotatable bonds is 6. The second kappa shape index (κ2) is 6.39. The Bertz CT molecular complexity index is 119. The van der Waals surface area contributed by atoms with Crippen LogP contribution in [0.25, 0.3) is 0 Å². The number of nitrogens with one attached hydrogen (secondary N) is 1. The molecule has 0 spiro atoms. The van der Waals surface area contributed by atoms with E-state index in [4.69, 9.17) is 4.74 Å². The van der Waals surface area contributed by atoms with Crippen LogP contribution in [0.15, 0.2) is 0 Å². The molecule has 0 unspecified atom stereocenters. The van der Waals surface area contributed by atoms with E-state index in [1.807, 2.05) is 0 Å². The average molecular weight is 185 g/mol. The zero-order chi connectivity index (χ0) is 9.52. The monoisotopic (exact) mass is 185 g/mol. The van der Waals surface area contributed by atoms with Gasteiger partial charge in [-0.2, -0.15) is 0 Å². The summed E-state index contributed by atoms with van der Waals surface area (Å²) in [5.74, 6) is 0.813. The van der Waals surface area contributed by atoms with Gasteiger partial charge in [0.05, 0.1) is 6.61 Å². The van der Waals surface area contributed by atoms with Gasteiger partial charge in [-0.1, -0.05) is 13.8 Å². The molecule has 0 bridgehead atoms. The quantitative estimate of drug-likeness (QED) is 0.640. The van der Waals surface area contributed by atoms with Crippen molar-refractivity contribution in [1.82, 2.24) is 5.32 Å². The molecule has 1 aliphatic heterocycles. The number of ether oxygens (including phenoxy) is 1. The third-order valence-corrected chi connectivity index (χ3v) is 2.55. The molecule has 0 aliphatic carbocycles. The predicted octanol–water partition coefficient (Wildman–Crippen LogP) is 2.19. The lowest BCUT2D eigenvalue weighted by Crippen LogP contribution is -2.26. The molecule has 0 saturated carbocycles. The van der Waals surface area contributed by atoms with Crippen molar-refractivity contribution in [1.29, 1.82) is 0 Å². The van der Waals surface area contributed by atoms with Gasteiger partial charge < -0.3 is 10.1 Å². The second-order valence-electron chi connectivity index (χ2n) is 4.40. The molecule has 1 aliphatic rings. The van der Waals surface area contributed by atoms with E-state index < -0.39 is 0 Å². The van der Waals surface area contributed by atoms with E-state index in [1.54, 1.807) is 0 Å². The molecule has 2 heteroatoms. The van der Waals surface area contributed by atoms with Crippen molar-refractivity contribution in [3.05, 3.63) is 0 Å². The summed E-state index contributed by atoms with van der Waals surface area (Å²) in [5, 5.41) is 3.43. The average Bonchev–Trinajstić information content (AvgIpc) is 2.55. The van der Waals surface area contributed by atoms with E-state index >= 15 is 0 Å². The third-order valence-electron chi connectivity index (χ3n) is 2.55. The van der Waals surface area contributed by atoms with Crippen molar-refractivity contribution in [2.24, 2.45) is 5.92 Å². The minimum atomic E-state index is 0.638. The first kappa shape index (κ1) is 11.0. The van der Waals surface area contributed by atoms with Crippen LogP contribution in [0.5, 0.6) is 0 Å². The van der Waals surface area contributed by atoms with Gasteiger partial charge in [-0.25, -0.2) is 0 Å². The Morgan fingerprint density at radius 2 is 2.31 bits per heavy atom. The van der Waals surface area contributed by atoms with E-state index in [2.05, 4.69) is 19.2 Å².